The Morgan fingerprint density at radius 3 is 2.27 bits per heavy atom. The van der Waals surface area contributed by atoms with Gasteiger partial charge in [-0.3, -0.25) is 9.80 Å². The molecule has 0 radical (unpaired) electrons. The van der Waals surface area contributed by atoms with Crippen LogP contribution >= 0.6 is 0 Å². The molecule has 82 valence electrons. The van der Waals surface area contributed by atoms with Gasteiger partial charge in [0.05, 0.1) is 12.0 Å². The largest absolute Gasteiger partial charge is 0.299 e. The second-order valence-electron chi connectivity index (χ2n) is 5.28. The number of likely N-dealkylation sites (tertiary alicyclic amines) is 2. The average molecular weight is 205 g/mol. The van der Waals surface area contributed by atoms with Crippen LogP contribution in [0.2, 0.25) is 0 Å². The quantitative estimate of drug-likeness (QED) is 0.675. The molecular formula is C12H19N3. The molecule has 3 aliphatic rings. The van der Waals surface area contributed by atoms with E-state index in [2.05, 4.69) is 15.9 Å². The first kappa shape index (κ1) is 9.62. The molecule has 2 saturated heterocycles. The van der Waals surface area contributed by atoms with Gasteiger partial charge < -0.3 is 0 Å². The lowest BCUT2D eigenvalue weighted by molar-refractivity contribution is 0.226. The predicted octanol–water partition coefficient (Wildman–Crippen LogP) is 1.07. The number of hydrogen-bond acceptors (Lipinski definition) is 3. The Morgan fingerprint density at radius 1 is 0.867 bits per heavy atom. The first-order valence-electron chi connectivity index (χ1n) is 6.24. The maximum Gasteiger partial charge on any atom is 0.0669 e. The maximum atomic E-state index is 8.89. The molecule has 1 aliphatic carbocycles. The van der Waals surface area contributed by atoms with Crippen molar-refractivity contribution in [3.05, 3.63) is 0 Å². The zero-order valence-electron chi connectivity index (χ0n) is 9.23. The lowest BCUT2D eigenvalue weighted by Crippen LogP contribution is -2.36. The topological polar surface area (TPSA) is 30.3 Å². The van der Waals surface area contributed by atoms with Gasteiger partial charge in [-0.15, -0.1) is 0 Å². The molecule has 3 rings (SSSR count). The Balaban J connectivity index is 1.54. The van der Waals surface area contributed by atoms with Crippen LogP contribution in [0.15, 0.2) is 0 Å². The van der Waals surface area contributed by atoms with Gasteiger partial charge >= 0.3 is 0 Å². The summed E-state index contributed by atoms with van der Waals surface area (Å²) in [5, 5.41) is 8.89. The molecule has 0 aromatic rings. The normalized spacial score (nSPS) is 38.3. The first-order valence-corrected chi connectivity index (χ1v) is 6.24. The number of nitrogens with zero attached hydrogens (tertiary/aromatic N) is 3. The van der Waals surface area contributed by atoms with E-state index in [1.807, 2.05) is 0 Å². The molecule has 0 aromatic carbocycles. The molecule has 1 saturated carbocycles. The minimum Gasteiger partial charge on any atom is -0.299 e. The molecule has 2 aliphatic heterocycles. The molecule has 15 heavy (non-hydrogen) atoms. The van der Waals surface area contributed by atoms with Crippen molar-refractivity contribution in [2.75, 3.05) is 26.2 Å². The molecule has 3 heteroatoms. The van der Waals surface area contributed by atoms with Crippen molar-refractivity contribution in [3.63, 3.8) is 0 Å². The molecule has 3 fully saturated rings. The van der Waals surface area contributed by atoms with Crippen LogP contribution in [0.3, 0.4) is 0 Å². The summed E-state index contributed by atoms with van der Waals surface area (Å²) in [6.45, 7) is 4.74. The summed E-state index contributed by atoms with van der Waals surface area (Å²) in [6, 6.07) is 4.08. The summed E-state index contributed by atoms with van der Waals surface area (Å²) in [6.07, 6.45) is 5.27. The van der Waals surface area contributed by atoms with Crippen LogP contribution in [0.5, 0.6) is 0 Å². The van der Waals surface area contributed by atoms with Gasteiger partial charge in [-0.2, -0.15) is 5.26 Å². The van der Waals surface area contributed by atoms with Gasteiger partial charge in [-0.05, 0) is 32.2 Å². The molecule has 0 bridgehead atoms. The van der Waals surface area contributed by atoms with E-state index >= 15 is 0 Å². The minimum absolute atomic E-state index is 0.306. The second-order valence-corrected chi connectivity index (χ2v) is 5.28. The van der Waals surface area contributed by atoms with E-state index in [1.165, 1.54) is 32.4 Å². The van der Waals surface area contributed by atoms with Crippen LogP contribution in [0.25, 0.3) is 0 Å². The first-order chi connectivity index (χ1) is 7.36. The number of hydrogen-bond donors (Lipinski definition) is 0. The van der Waals surface area contributed by atoms with Gasteiger partial charge in [-0.25, -0.2) is 0 Å². The van der Waals surface area contributed by atoms with Crippen LogP contribution in [-0.2, 0) is 0 Å². The third kappa shape index (κ3) is 1.89. The van der Waals surface area contributed by atoms with E-state index in [1.54, 1.807) is 0 Å². The average Bonchev–Trinajstić information content (AvgIpc) is 2.84. The van der Waals surface area contributed by atoms with Crippen LogP contribution in [-0.4, -0.2) is 48.1 Å². The second kappa shape index (κ2) is 3.77. The molecule has 3 nitrogen and oxygen atoms in total. The zero-order chi connectivity index (χ0) is 10.3. The fourth-order valence-electron chi connectivity index (χ4n) is 3.06. The fraction of sp³-hybridized carbons (Fsp3) is 0.917. The zero-order valence-corrected chi connectivity index (χ0v) is 9.23. The molecule has 0 spiro atoms. The summed E-state index contributed by atoms with van der Waals surface area (Å²) >= 11 is 0. The maximum absolute atomic E-state index is 8.89. The van der Waals surface area contributed by atoms with Gasteiger partial charge in [0.1, 0.15) is 0 Å². The Morgan fingerprint density at radius 2 is 1.60 bits per heavy atom. The molecule has 0 N–H and O–H groups in total. The van der Waals surface area contributed by atoms with Crippen molar-refractivity contribution < 1.29 is 0 Å². The molecule has 2 atom stereocenters. The van der Waals surface area contributed by atoms with Crippen molar-refractivity contribution in [3.8, 4) is 6.07 Å². The van der Waals surface area contributed by atoms with Crippen molar-refractivity contribution in [1.29, 1.82) is 5.26 Å². The van der Waals surface area contributed by atoms with Crippen molar-refractivity contribution in [1.82, 2.24) is 9.80 Å². The molecule has 0 amide bonds. The monoisotopic (exact) mass is 205 g/mol. The third-order valence-electron chi connectivity index (χ3n) is 4.18. The summed E-state index contributed by atoms with van der Waals surface area (Å²) in [4.78, 5) is 5.21. The third-order valence-corrected chi connectivity index (χ3v) is 4.18. The molecular weight excluding hydrogens is 186 g/mol. The van der Waals surface area contributed by atoms with Crippen LogP contribution in [0.1, 0.15) is 25.7 Å². The van der Waals surface area contributed by atoms with Crippen LogP contribution in [0, 0.1) is 17.2 Å². The van der Waals surface area contributed by atoms with Crippen molar-refractivity contribution >= 4 is 0 Å². The Bertz CT molecular complexity index is 279. The van der Waals surface area contributed by atoms with Gasteiger partial charge in [0.2, 0.25) is 0 Å². The lowest BCUT2D eigenvalue weighted by Gasteiger charge is -2.23. The van der Waals surface area contributed by atoms with Gasteiger partial charge in [0.25, 0.3) is 0 Å². The SMILES string of the molecule is N#CC1CCN(C2CCN(C3CC3)C2)C1. The summed E-state index contributed by atoms with van der Waals surface area (Å²) in [5.41, 5.74) is 0. The summed E-state index contributed by atoms with van der Waals surface area (Å²) in [7, 11) is 0. The van der Waals surface area contributed by atoms with Crippen LogP contribution < -0.4 is 0 Å². The smallest absolute Gasteiger partial charge is 0.0669 e. The molecule has 2 unspecified atom stereocenters. The lowest BCUT2D eigenvalue weighted by atomic mass is 10.1. The number of nitriles is 1. The van der Waals surface area contributed by atoms with E-state index in [4.69, 9.17) is 5.26 Å². The fourth-order valence-corrected chi connectivity index (χ4v) is 3.06. The standard InChI is InChI=1S/C12H19N3/c13-7-10-3-5-14(8-10)12-4-6-15(9-12)11-1-2-11/h10-12H,1-6,8-9H2. The van der Waals surface area contributed by atoms with Crippen molar-refractivity contribution in [2.45, 2.75) is 37.8 Å². The summed E-state index contributed by atoms with van der Waals surface area (Å²) in [5.74, 6) is 0.306. The predicted molar refractivity (Wildman–Crippen MR) is 58.3 cm³/mol. The highest BCUT2D eigenvalue weighted by molar-refractivity contribution is 4.97. The minimum atomic E-state index is 0.306. The van der Waals surface area contributed by atoms with Gasteiger partial charge in [0, 0.05) is 31.7 Å². The van der Waals surface area contributed by atoms with Crippen molar-refractivity contribution in [2.24, 2.45) is 5.92 Å². The van der Waals surface area contributed by atoms with E-state index in [9.17, 15) is 0 Å². The Kier molecular flexibility index (Phi) is 2.42. The van der Waals surface area contributed by atoms with E-state index in [0.29, 0.717) is 5.92 Å². The molecule has 2 heterocycles. The molecule has 0 aromatic heterocycles. The highest BCUT2D eigenvalue weighted by Gasteiger charge is 2.38. The Labute approximate surface area is 91.6 Å². The Hall–Kier alpha value is -0.590. The van der Waals surface area contributed by atoms with E-state index in [-0.39, 0.29) is 0 Å². The summed E-state index contributed by atoms with van der Waals surface area (Å²) < 4.78 is 0. The van der Waals surface area contributed by atoms with E-state index in [0.717, 1.165) is 31.6 Å². The highest BCUT2D eigenvalue weighted by atomic mass is 15.3. The van der Waals surface area contributed by atoms with Gasteiger partial charge in [0.15, 0.2) is 0 Å². The highest BCUT2D eigenvalue weighted by Crippen LogP contribution is 2.32. The van der Waals surface area contributed by atoms with Crippen LogP contribution in [0.4, 0.5) is 0 Å². The van der Waals surface area contributed by atoms with E-state index < -0.39 is 0 Å². The van der Waals surface area contributed by atoms with Gasteiger partial charge in [-0.1, -0.05) is 0 Å². The number of rotatable bonds is 2.